The molecule has 1 fully saturated rings. The monoisotopic (exact) mass is 375 g/mol. The lowest BCUT2D eigenvalue weighted by molar-refractivity contribution is 0.0928. The lowest BCUT2D eigenvalue weighted by Crippen LogP contribution is -2.38. The fourth-order valence-electron chi connectivity index (χ4n) is 3.11. The van der Waals surface area contributed by atoms with Crippen molar-refractivity contribution in [2.75, 3.05) is 6.54 Å². The minimum absolute atomic E-state index is 0.0333. The van der Waals surface area contributed by atoms with Crippen molar-refractivity contribution in [3.05, 3.63) is 46.5 Å². The Balaban J connectivity index is 1.45. The van der Waals surface area contributed by atoms with E-state index in [1.165, 1.54) is 9.90 Å². The standard InChI is InChI=1S/C19H25N3OS2/c1-13-12-24-19(21-13)25-17-8-6-16(7-9-17)22-18(23)15-4-2-14(3-5-15)10-11-20/h2-5,12,16-17H,6-11,20H2,1H3,(H,22,23). The number of rotatable bonds is 6. The summed E-state index contributed by atoms with van der Waals surface area (Å²) >= 11 is 3.62. The number of carbonyl (C=O) groups is 1. The Bertz CT molecular complexity index is 691. The Morgan fingerprint density at radius 2 is 2.00 bits per heavy atom. The van der Waals surface area contributed by atoms with Gasteiger partial charge in [0.2, 0.25) is 0 Å². The molecule has 0 bridgehead atoms. The van der Waals surface area contributed by atoms with Gasteiger partial charge in [-0.3, -0.25) is 4.79 Å². The third-order valence-corrected chi connectivity index (χ3v) is 6.95. The number of thiazole rings is 1. The zero-order valence-electron chi connectivity index (χ0n) is 14.5. The summed E-state index contributed by atoms with van der Waals surface area (Å²) in [6.45, 7) is 2.67. The van der Waals surface area contributed by atoms with Crippen LogP contribution in [0.3, 0.4) is 0 Å². The number of amides is 1. The molecule has 4 nitrogen and oxygen atoms in total. The summed E-state index contributed by atoms with van der Waals surface area (Å²) in [7, 11) is 0. The second-order valence-corrected chi connectivity index (χ2v) is 8.96. The van der Waals surface area contributed by atoms with E-state index in [4.69, 9.17) is 5.73 Å². The average Bonchev–Trinajstić information content (AvgIpc) is 3.02. The van der Waals surface area contributed by atoms with Crippen LogP contribution >= 0.6 is 23.1 Å². The highest BCUT2D eigenvalue weighted by Crippen LogP contribution is 2.35. The van der Waals surface area contributed by atoms with Gasteiger partial charge in [0.05, 0.1) is 0 Å². The van der Waals surface area contributed by atoms with Crippen LogP contribution in [-0.4, -0.2) is 28.7 Å². The van der Waals surface area contributed by atoms with Crippen molar-refractivity contribution in [3.63, 3.8) is 0 Å². The van der Waals surface area contributed by atoms with Gasteiger partial charge in [-0.05, 0) is 63.3 Å². The number of hydrogen-bond donors (Lipinski definition) is 2. The number of carbonyl (C=O) groups excluding carboxylic acids is 1. The third kappa shape index (κ3) is 5.30. The first-order valence-electron chi connectivity index (χ1n) is 8.82. The van der Waals surface area contributed by atoms with Gasteiger partial charge >= 0.3 is 0 Å². The Labute approximate surface area is 157 Å². The number of thioether (sulfide) groups is 1. The van der Waals surface area contributed by atoms with Crippen molar-refractivity contribution >= 4 is 29.0 Å². The summed E-state index contributed by atoms with van der Waals surface area (Å²) in [5.74, 6) is 0.0333. The van der Waals surface area contributed by atoms with Gasteiger partial charge in [-0.25, -0.2) is 4.98 Å². The summed E-state index contributed by atoms with van der Waals surface area (Å²) in [5.41, 5.74) is 8.57. The molecular formula is C19H25N3OS2. The molecule has 3 N–H and O–H groups in total. The van der Waals surface area contributed by atoms with Gasteiger partial charge in [-0.1, -0.05) is 23.9 Å². The SMILES string of the molecule is Cc1csc(SC2CCC(NC(=O)c3ccc(CCN)cc3)CC2)n1. The summed E-state index contributed by atoms with van der Waals surface area (Å²) < 4.78 is 1.17. The molecule has 1 heterocycles. The van der Waals surface area contributed by atoms with Crippen LogP contribution in [0.5, 0.6) is 0 Å². The maximum absolute atomic E-state index is 12.4. The number of hydrogen-bond acceptors (Lipinski definition) is 5. The highest BCUT2D eigenvalue weighted by molar-refractivity contribution is 8.01. The maximum atomic E-state index is 12.4. The zero-order valence-corrected chi connectivity index (χ0v) is 16.2. The number of aromatic nitrogens is 1. The fourth-order valence-corrected chi connectivity index (χ4v) is 5.40. The Morgan fingerprint density at radius 3 is 2.60 bits per heavy atom. The fraction of sp³-hybridized carbons (Fsp3) is 0.474. The summed E-state index contributed by atoms with van der Waals surface area (Å²) in [6.07, 6.45) is 5.19. The number of aryl methyl sites for hydroxylation is 1. The van der Waals surface area contributed by atoms with Gasteiger partial charge < -0.3 is 11.1 Å². The van der Waals surface area contributed by atoms with Crippen molar-refractivity contribution in [1.82, 2.24) is 10.3 Å². The Hall–Kier alpha value is -1.37. The van der Waals surface area contributed by atoms with Crippen LogP contribution < -0.4 is 11.1 Å². The van der Waals surface area contributed by atoms with E-state index in [0.29, 0.717) is 11.8 Å². The van der Waals surface area contributed by atoms with E-state index in [1.54, 1.807) is 11.3 Å². The molecule has 1 aromatic carbocycles. The van der Waals surface area contributed by atoms with Crippen molar-refractivity contribution < 1.29 is 4.79 Å². The highest BCUT2D eigenvalue weighted by atomic mass is 32.2. The van der Waals surface area contributed by atoms with Gasteiger partial charge in [0, 0.05) is 27.9 Å². The van der Waals surface area contributed by atoms with E-state index in [-0.39, 0.29) is 11.9 Å². The molecule has 1 aromatic heterocycles. The molecule has 1 amide bonds. The molecule has 2 aromatic rings. The molecule has 0 radical (unpaired) electrons. The van der Waals surface area contributed by atoms with E-state index < -0.39 is 0 Å². The van der Waals surface area contributed by atoms with Gasteiger partial charge in [-0.2, -0.15) is 0 Å². The molecule has 6 heteroatoms. The quantitative estimate of drug-likeness (QED) is 0.806. The van der Waals surface area contributed by atoms with Crippen molar-refractivity contribution in [3.8, 4) is 0 Å². The minimum atomic E-state index is 0.0333. The van der Waals surface area contributed by atoms with Crippen molar-refractivity contribution in [2.45, 2.75) is 54.7 Å². The Morgan fingerprint density at radius 1 is 1.28 bits per heavy atom. The van der Waals surface area contributed by atoms with E-state index in [9.17, 15) is 4.79 Å². The molecule has 134 valence electrons. The average molecular weight is 376 g/mol. The second kappa shape index (κ2) is 8.83. The lowest BCUT2D eigenvalue weighted by atomic mass is 9.94. The van der Waals surface area contributed by atoms with Crippen LogP contribution in [0.2, 0.25) is 0 Å². The molecule has 0 saturated heterocycles. The first kappa shape index (κ1) is 18.4. The molecule has 0 unspecified atom stereocenters. The number of nitrogens with zero attached hydrogens (tertiary/aromatic N) is 1. The van der Waals surface area contributed by atoms with Crippen LogP contribution in [0.4, 0.5) is 0 Å². The molecule has 0 atom stereocenters. The van der Waals surface area contributed by atoms with Gasteiger partial charge in [0.25, 0.3) is 5.91 Å². The molecule has 1 aliphatic carbocycles. The van der Waals surface area contributed by atoms with E-state index in [1.807, 2.05) is 43.0 Å². The van der Waals surface area contributed by atoms with E-state index >= 15 is 0 Å². The number of nitrogens with two attached hydrogens (primary N) is 1. The van der Waals surface area contributed by atoms with Gasteiger partial charge in [0.15, 0.2) is 0 Å². The predicted octanol–water partition coefficient (Wildman–Crippen LogP) is 3.79. The van der Waals surface area contributed by atoms with Crippen molar-refractivity contribution in [2.24, 2.45) is 5.73 Å². The van der Waals surface area contributed by atoms with Crippen LogP contribution in [0.15, 0.2) is 34.0 Å². The van der Waals surface area contributed by atoms with Crippen LogP contribution in [0.1, 0.15) is 47.3 Å². The van der Waals surface area contributed by atoms with Gasteiger partial charge in [-0.15, -0.1) is 11.3 Å². The summed E-state index contributed by atoms with van der Waals surface area (Å²) in [6, 6.07) is 8.06. The second-order valence-electron chi connectivity index (χ2n) is 6.56. The minimum Gasteiger partial charge on any atom is -0.349 e. The highest BCUT2D eigenvalue weighted by Gasteiger charge is 2.24. The third-order valence-electron chi connectivity index (χ3n) is 4.52. The number of nitrogens with one attached hydrogen (secondary N) is 1. The first-order valence-corrected chi connectivity index (χ1v) is 10.6. The largest absolute Gasteiger partial charge is 0.349 e. The molecule has 3 rings (SSSR count). The molecule has 1 aliphatic rings. The smallest absolute Gasteiger partial charge is 0.251 e. The van der Waals surface area contributed by atoms with Crippen molar-refractivity contribution in [1.29, 1.82) is 0 Å². The summed E-state index contributed by atoms with van der Waals surface area (Å²) in [5, 5.41) is 5.91. The van der Waals surface area contributed by atoms with E-state index in [2.05, 4.69) is 15.7 Å². The number of benzene rings is 1. The van der Waals surface area contributed by atoms with Crippen LogP contribution in [0, 0.1) is 6.92 Å². The first-order chi connectivity index (χ1) is 12.1. The molecule has 0 spiro atoms. The molecule has 25 heavy (non-hydrogen) atoms. The van der Waals surface area contributed by atoms with Crippen LogP contribution in [-0.2, 0) is 6.42 Å². The molecule has 0 aliphatic heterocycles. The predicted molar refractivity (Wildman–Crippen MR) is 105 cm³/mol. The molecule has 1 saturated carbocycles. The zero-order chi connectivity index (χ0) is 17.6. The summed E-state index contributed by atoms with van der Waals surface area (Å²) in [4.78, 5) is 16.9. The maximum Gasteiger partial charge on any atom is 0.251 e. The van der Waals surface area contributed by atoms with Gasteiger partial charge in [0.1, 0.15) is 4.34 Å². The Kier molecular flexibility index (Phi) is 6.51. The van der Waals surface area contributed by atoms with Crippen LogP contribution in [0.25, 0.3) is 0 Å². The lowest BCUT2D eigenvalue weighted by Gasteiger charge is -2.28. The topological polar surface area (TPSA) is 68.0 Å². The molecular weight excluding hydrogens is 350 g/mol. The van der Waals surface area contributed by atoms with E-state index in [0.717, 1.165) is 43.4 Å². The normalized spacial score (nSPS) is 20.4.